The van der Waals surface area contributed by atoms with Crippen LogP contribution in [-0.2, 0) is 14.8 Å². The van der Waals surface area contributed by atoms with Gasteiger partial charge in [0.25, 0.3) is 15.9 Å². The first kappa shape index (κ1) is 25.1. The fourth-order valence-corrected chi connectivity index (χ4v) is 5.01. The second-order valence-electron chi connectivity index (χ2n) is 9.25. The van der Waals surface area contributed by atoms with Gasteiger partial charge in [-0.1, -0.05) is 0 Å². The van der Waals surface area contributed by atoms with Gasteiger partial charge >= 0.3 is 0 Å². The minimum absolute atomic E-state index is 0.0304. The van der Waals surface area contributed by atoms with Crippen molar-refractivity contribution in [2.75, 3.05) is 24.4 Å². The van der Waals surface area contributed by atoms with Gasteiger partial charge in [-0.05, 0) is 82.6 Å². The molecule has 1 saturated heterocycles. The molecule has 2 N–H and O–H groups in total. The number of hydrogen-bond acceptors (Lipinski definition) is 5. The number of rotatable bonds is 7. The van der Waals surface area contributed by atoms with Crippen molar-refractivity contribution in [1.82, 2.24) is 10.2 Å². The molecular weight excluding hydrogens is 445 g/mol. The van der Waals surface area contributed by atoms with E-state index in [9.17, 15) is 17.6 Å². The molecule has 0 aliphatic carbocycles. The van der Waals surface area contributed by atoms with Crippen molar-refractivity contribution >= 4 is 21.6 Å². The largest absolute Gasteiger partial charge is 0.373 e. The van der Waals surface area contributed by atoms with E-state index in [1.54, 1.807) is 12.1 Å². The summed E-state index contributed by atoms with van der Waals surface area (Å²) >= 11 is 0. The molecule has 180 valence electrons. The van der Waals surface area contributed by atoms with Crippen LogP contribution in [0.1, 0.15) is 43.6 Å². The maximum absolute atomic E-state index is 13.4. The third-order valence-corrected chi connectivity index (χ3v) is 7.18. The number of carbonyl (C=O) groups is 1. The molecule has 2 atom stereocenters. The van der Waals surface area contributed by atoms with Crippen molar-refractivity contribution < 1.29 is 22.3 Å². The SMILES string of the molecule is Cc1cc(S(=O)(=O)Nc2ccc(C(=O)NCC(C)(C)N3CC(C)OC(C)C3)cc2)ccc1F. The number of amides is 1. The zero-order valence-electron chi connectivity index (χ0n) is 19.7. The summed E-state index contributed by atoms with van der Waals surface area (Å²) in [6.07, 6.45) is 0.276. The summed E-state index contributed by atoms with van der Waals surface area (Å²) in [6.45, 7) is 11.8. The summed E-state index contributed by atoms with van der Waals surface area (Å²) < 4.78 is 46.8. The first-order valence-electron chi connectivity index (χ1n) is 10.9. The fourth-order valence-electron chi connectivity index (χ4n) is 3.87. The van der Waals surface area contributed by atoms with E-state index in [4.69, 9.17) is 4.74 Å². The van der Waals surface area contributed by atoms with E-state index >= 15 is 0 Å². The van der Waals surface area contributed by atoms with Gasteiger partial charge in [-0.3, -0.25) is 14.4 Å². The number of anilines is 1. The smallest absolute Gasteiger partial charge is 0.261 e. The van der Waals surface area contributed by atoms with Crippen molar-refractivity contribution in [3.8, 4) is 0 Å². The predicted octanol–water partition coefficient (Wildman–Crippen LogP) is 3.55. The highest BCUT2D eigenvalue weighted by Crippen LogP contribution is 2.22. The van der Waals surface area contributed by atoms with Crippen LogP contribution < -0.4 is 10.0 Å². The molecule has 0 spiro atoms. The number of halogens is 1. The average Bonchev–Trinajstić information content (AvgIpc) is 2.73. The zero-order valence-corrected chi connectivity index (χ0v) is 20.5. The van der Waals surface area contributed by atoms with Gasteiger partial charge in [-0.25, -0.2) is 12.8 Å². The number of nitrogens with one attached hydrogen (secondary N) is 2. The van der Waals surface area contributed by atoms with Crippen molar-refractivity contribution in [3.63, 3.8) is 0 Å². The second kappa shape index (κ2) is 9.79. The molecule has 0 bridgehead atoms. The third-order valence-electron chi connectivity index (χ3n) is 5.80. The van der Waals surface area contributed by atoms with Gasteiger partial charge in [0.2, 0.25) is 0 Å². The molecule has 0 aromatic heterocycles. The van der Waals surface area contributed by atoms with Gasteiger partial charge in [-0.15, -0.1) is 0 Å². The van der Waals surface area contributed by atoms with Gasteiger partial charge in [0.1, 0.15) is 5.82 Å². The lowest BCUT2D eigenvalue weighted by molar-refractivity contribution is -0.0948. The Kier molecular flexibility index (Phi) is 7.45. The van der Waals surface area contributed by atoms with E-state index < -0.39 is 15.8 Å². The van der Waals surface area contributed by atoms with Crippen LogP contribution >= 0.6 is 0 Å². The van der Waals surface area contributed by atoms with E-state index in [0.717, 1.165) is 19.2 Å². The van der Waals surface area contributed by atoms with Gasteiger partial charge in [0, 0.05) is 36.4 Å². The summed E-state index contributed by atoms with van der Waals surface area (Å²) in [5.41, 5.74) is 0.735. The molecular formula is C24H32FN3O4S. The molecule has 1 fully saturated rings. The molecule has 1 amide bonds. The minimum Gasteiger partial charge on any atom is -0.373 e. The Labute approximate surface area is 195 Å². The number of hydrogen-bond donors (Lipinski definition) is 2. The zero-order chi connectivity index (χ0) is 24.4. The van der Waals surface area contributed by atoms with Crippen molar-refractivity contribution in [2.45, 2.75) is 57.3 Å². The molecule has 1 aliphatic rings. The monoisotopic (exact) mass is 477 g/mol. The van der Waals surface area contributed by atoms with Gasteiger partial charge in [0.05, 0.1) is 17.1 Å². The molecule has 1 heterocycles. The molecule has 0 radical (unpaired) electrons. The molecule has 1 aliphatic heterocycles. The molecule has 7 nitrogen and oxygen atoms in total. The number of sulfonamides is 1. The summed E-state index contributed by atoms with van der Waals surface area (Å²) in [4.78, 5) is 15.0. The second-order valence-corrected chi connectivity index (χ2v) is 10.9. The maximum atomic E-state index is 13.4. The first-order chi connectivity index (χ1) is 15.4. The molecule has 33 heavy (non-hydrogen) atoms. The molecule has 0 saturated carbocycles. The number of benzene rings is 2. The summed E-state index contributed by atoms with van der Waals surface area (Å²) in [5.74, 6) is -0.703. The van der Waals surface area contributed by atoms with E-state index in [1.165, 1.54) is 31.2 Å². The van der Waals surface area contributed by atoms with E-state index in [1.807, 2.05) is 13.8 Å². The lowest BCUT2D eigenvalue weighted by Gasteiger charge is -2.45. The Bertz CT molecular complexity index is 1090. The van der Waals surface area contributed by atoms with Crippen LogP contribution in [0.15, 0.2) is 47.4 Å². The van der Waals surface area contributed by atoms with Crippen LogP contribution in [0, 0.1) is 12.7 Å². The average molecular weight is 478 g/mol. The Hall–Kier alpha value is -2.49. The lowest BCUT2D eigenvalue weighted by Crippen LogP contribution is -2.58. The fraction of sp³-hybridized carbons (Fsp3) is 0.458. The highest BCUT2D eigenvalue weighted by molar-refractivity contribution is 7.92. The third kappa shape index (κ3) is 6.31. The lowest BCUT2D eigenvalue weighted by atomic mass is 10.00. The van der Waals surface area contributed by atoms with Gasteiger partial charge in [-0.2, -0.15) is 0 Å². The molecule has 2 aromatic rings. The van der Waals surface area contributed by atoms with Gasteiger partial charge < -0.3 is 10.1 Å². The molecule has 9 heteroatoms. The minimum atomic E-state index is -3.87. The van der Waals surface area contributed by atoms with Crippen LogP contribution in [0.4, 0.5) is 10.1 Å². The number of morpholine rings is 1. The topological polar surface area (TPSA) is 87.7 Å². The van der Waals surface area contributed by atoms with Crippen molar-refractivity contribution in [1.29, 1.82) is 0 Å². The van der Waals surface area contributed by atoms with Crippen molar-refractivity contribution in [3.05, 3.63) is 59.4 Å². The van der Waals surface area contributed by atoms with E-state index in [0.29, 0.717) is 17.8 Å². The highest BCUT2D eigenvalue weighted by atomic mass is 32.2. The first-order valence-corrected chi connectivity index (χ1v) is 12.4. The summed E-state index contributed by atoms with van der Waals surface area (Å²) in [6, 6.07) is 9.79. The normalized spacial score (nSPS) is 19.8. The number of nitrogens with zero attached hydrogens (tertiary/aromatic N) is 1. The van der Waals surface area contributed by atoms with Crippen LogP contribution in [0.3, 0.4) is 0 Å². The van der Waals surface area contributed by atoms with Gasteiger partial charge in [0.15, 0.2) is 0 Å². The Morgan fingerprint density at radius 2 is 1.73 bits per heavy atom. The van der Waals surface area contributed by atoms with Crippen LogP contribution in [-0.4, -0.2) is 56.6 Å². The van der Waals surface area contributed by atoms with E-state index in [2.05, 4.69) is 28.8 Å². The Morgan fingerprint density at radius 1 is 1.12 bits per heavy atom. The predicted molar refractivity (Wildman–Crippen MR) is 126 cm³/mol. The van der Waals surface area contributed by atoms with Crippen molar-refractivity contribution in [2.24, 2.45) is 0 Å². The Morgan fingerprint density at radius 3 is 2.30 bits per heavy atom. The maximum Gasteiger partial charge on any atom is 0.261 e. The number of carbonyl (C=O) groups excluding carboxylic acids is 1. The molecule has 2 unspecified atom stereocenters. The standard InChI is InChI=1S/C24H32FN3O4S/c1-16-12-21(10-11-22(16)25)33(30,31)27-20-8-6-19(7-9-20)23(29)26-15-24(4,5)28-13-17(2)32-18(3)14-28/h6-12,17-18,27H,13-15H2,1-5H3,(H,26,29). The van der Waals surface area contributed by atoms with Crippen LogP contribution in [0.2, 0.25) is 0 Å². The molecule has 2 aromatic carbocycles. The quantitative estimate of drug-likeness (QED) is 0.637. The van der Waals surface area contributed by atoms with Crippen LogP contribution in [0.5, 0.6) is 0 Å². The Balaban J connectivity index is 1.61. The number of ether oxygens (including phenoxy) is 1. The molecule has 3 rings (SSSR count). The number of aryl methyl sites for hydroxylation is 1. The summed E-state index contributed by atoms with van der Waals surface area (Å²) in [7, 11) is -3.87. The highest BCUT2D eigenvalue weighted by Gasteiger charge is 2.33. The summed E-state index contributed by atoms with van der Waals surface area (Å²) in [5, 5.41) is 2.98. The van der Waals surface area contributed by atoms with Crippen LogP contribution in [0.25, 0.3) is 0 Å². The van der Waals surface area contributed by atoms with E-state index in [-0.39, 0.29) is 34.1 Å².